The number of aromatic nitrogens is 2. The molecule has 0 unspecified atom stereocenters. The number of nitrogens with one attached hydrogen (secondary N) is 1. The molecule has 2 aromatic carbocycles. The first-order valence-corrected chi connectivity index (χ1v) is 9.04. The number of esters is 1. The molecule has 1 aromatic heterocycles. The van der Waals surface area contributed by atoms with Crippen LogP contribution in [0.25, 0.3) is 11.0 Å². The van der Waals surface area contributed by atoms with Crippen LogP contribution in [0.2, 0.25) is 0 Å². The van der Waals surface area contributed by atoms with E-state index in [0.29, 0.717) is 17.1 Å². The number of nitrogens with zero attached hydrogens (tertiary/aromatic N) is 2. The van der Waals surface area contributed by atoms with Crippen LogP contribution in [0.1, 0.15) is 30.0 Å². The van der Waals surface area contributed by atoms with Crippen molar-refractivity contribution in [2.45, 2.75) is 33.0 Å². The van der Waals surface area contributed by atoms with Crippen molar-refractivity contribution < 1.29 is 19.1 Å². The Bertz CT molecular complexity index is 994. The monoisotopic (exact) mass is 381 g/mol. The number of fused-ring (bicyclic) bond motifs is 1. The number of amides is 1. The van der Waals surface area contributed by atoms with Crippen LogP contribution in [0, 0.1) is 0 Å². The summed E-state index contributed by atoms with van der Waals surface area (Å²) >= 11 is 0. The maximum Gasteiger partial charge on any atom is 0.326 e. The molecular formula is C21H23N3O4. The van der Waals surface area contributed by atoms with Crippen LogP contribution >= 0.6 is 0 Å². The van der Waals surface area contributed by atoms with Crippen LogP contribution in [0.3, 0.4) is 0 Å². The smallest absolute Gasteiger partial charge is 0.326 e. The Morgan fingerprint density at radius 2 is 1.82 bits per heavy atom. The number of hydrogen-bond donors (Lipinski definition) is 1. The summed E-state index contributed by atoms with van der Waals surface area (Å²) in [6, 6.07) is 14.5. The molecule has 0 saturated carbocycles. The van der Waals surface area contributed by atoms with Gasteiger partial charge in [0.25, 0.3) is 5.91 Å². The van der Waals surface area contributed by atoms with E-state index in [1.165, 1.54) is 7.11 Å². The minimum atomic E-state index is -0.351. The Morgan fingerprint density at radius 1 is 1.11 bits per heavy atom. The molecular weight excluding hydrogens is 358 g/mol. The zero-order valence-electron chi connectivity index (χ0n) is 16.1. The molecule has 28 heavy (non-hydrogen) atoms. The number of para-hydroxylation sites is 3. The molecule has 7 heteroatoms. The molecule has 0 aliphatic carbocycles. The molecule has 0 bridgehead atoms. The Hall–Kier alpha value is -3.35. The fourth-order valence-electron chi connectivity index (χ4n) is 2.95. The van der Waals surface area contributed by atoms with Crippen molar-refractivity contribution >= 4 is 22.9 Å². The van der Waals surface area contributed by atoms with Crippen molar-refractivity contribution in [2.24, 2.45) is 0 Å². The van der Waals surface area contributed by atoms with Gasteiger partial charge >= 0.3 is 5.97 Å². The lowest BCUT2D eigenvalue weighted by atomic mass is 10.2. The standard InChI is InChI=1S/C21H23N3O4/c1-14(2)28-20(25)13-24-17-10-6-5-9-16(17)23-19(24)12-22-21(26)15-8-4-7-11-18(15)27-3/h4-11,14H,12-13H2,1-3H3,(H,22,26). The van der Waals surface area contributed by atoms with Crippen LogP contribution in [0.4, 0.5) is 0 Å². The van der Waals surface area contributed by atoms with Crippen molar-refractivity contribution in [1.29, 1.82) is 0 Å². The topological polar surface area (TPSA) is 82.5 Å². The number of imidazole rings is 1. The van der Waals surface area contributed by atoms with Crippen molar-refractivity contribution in [3.05, 3.63) is 59.9 Å². The summed E-state index contributed by atoms with van der Waals surface area (Å²) in [5, 5.41) is 2.85. The highest BCUT2D eigenvalue weighted by Crippen LogP contribution is 2.19. The molecule has 0 aliphatic rings. The second kappa shape index (κ2) is 8.56. The van der Waals surface area contributed by atoms with Crippen LogP contribution < -0.4 is 10.1 Å². The first-order valence-electron chi connectivity index (χ1n) is 9.04. The van der Waals surface area contributed by atoms with E-state index < -0.39 is 0 Å². The Morgan fingerprint density at radius 3 is 2.57 bits per heavy atom. The Balaban J connectivity index is 1.83. The molecule has 0 atom stereocenters. The second-order valence-electron chi connectivity index (χ2n) is 6.52. The van der Waals surface area contributed by atoms with E-state index in [1.807, 2.05) is 24.3 Å². The zero-order chi connectivity index (χ0) is 20.1. The summed E-state index contributed by atoms with van der Waals surface area (Å²) in [6.45, 7) is 3.80. The predicted molar refractivity (Wildman–Crippen MR) is 105 cm³/mol. The first kappa shape index (κ1) is 19.4. The summed E-state index contributed by atoms with van der Waals surface area (Å²) in [7, 11) is 1.52. The number of rotatable bonds is 7. The third kappa shape index (κ3) is 4.31. The van der Waals surface area contributed by atoms with E-state index in [-0.39, 0.29) is 31.1 Å². The van der Waals surface area contributed by atoms with E-state index in [4.69, 9.17) is 9.47 Å². The fourth-order valence-corrected chi connectivity index (χ4v) is 2.95. The van der Waals surface area contributed by atoms with Crippen molar-refractivity contribution in [1.82, 2.24) is 14.9 Å². The van der Waals surface area contributed by atoms with Gasteiger partial charge in [0.05, 0.1) is 36.4 Å². The third-order valence-corrected chi connectivity index (χ3v) is 4.15. The molecule has 1 amide bonds. The van der Waals surface area contributed by atoms with Crippen LogP contribution in [-0.4, -0.2) is 34.6 Å². The van der Waals surface area contributed by atoms with Crippen LogP contribution in [0.5, 0.6) is 5.75 Å². The van der Waals surface area contributed by atoms with Gasteiger partial charge in [0.2, 0.25) is 0 Å². The normalized spacial score (nSPS) is 10.9. The maximum absolute atomic E-state index is 12.6. The van der Waals surface area contributed by atoms with Gasteiger partial charge < -0.3 is 19.4 Å². The van der Waals surface area contributed by atoms with E-state index in [1.54, 1.807) is 42.7 Å². The molecule has 0 saturated heterocycles. The van der Waals surface area contributed by atoms with E-state index in [2.05, 4.69) is 10.3 Å². The minimum absolute atomic E-state index is 0.0263. The lowest BCUT2D eigenvalue weighted by Crippen LogP contribution is -2.26. The van der Waals surface area contributed by atoms with Crippen LogP contribution in [0.15, 0.2) is 48.5 Å². The molecule has 0 fully saturated rings. The largest absolute Gasteiger partial charge is 0.496 e. The van der Waals surface area contributed by atoms with Gasteiger partial charge in [-0.1, -0.05) is 24.3 Å². The second-order valence-corrected chi connectivity index (χ2v) is 6.52. The highest BCUT2D eigenvalue weighted by molar-refractivity contribution is 5.96. The summed E-state index contributed by atoms with van der Waals surface area (Å²) in [6.07, 6.45) is -0.198. The van der Waals surface area contributed by atoms with E-state index in [9.17, 15) is 9.59 Å². The number of methoxy groups -OCH3 is 1. The number of carbonyl (C=O) groups excluding carboxylic acids is 2. The van der Waals surface area contributed by atoms with Crippen molar-refractivity contribution in [2.75, 3.05) is 7.11 Å². The molecule has 3 rings (SSSR count). The summed E-state index contributed by atoms with van der Waals surface area (Å²) < 4.78 is 12.3. The molecule has 7 nitrogen and oxygen atoms in total. The van der Waals surface area contributed by atoms with Gasteiger partial charge in [-0.05, 0) is 38.1 Å². The molecule has 3 aromatic rings. The molecule has 0 aliphatic heterocycles. The maximum atomic E-state index is 12.6. The molecule has 1 heterocycles. The SMILES string of the molecule is COc1ccccc1C(=O)NCc1nc2ccccc2n1CC(=O)OC(C)C. The minimum Gasteiger partial charge on any atom is -0.496 e. The predicted octanol–water partition coefficient (Wildman–Crippen LogP) is 2.93. The lowest BCUT2D eigenvalue weighted by molar-refractivity contribution is -0.148. The average Bonchev–Trinajstić information content (AvgIpc) is 3.03. The van der Waals surface area contributed by atoms with Crippen LogP contribution in [-0.2, 0) is 22.6 Å². The molecule has 1 N–H and O–H groups in total. The number of carbonyl (C=O) groups is 2. The first-order chi connectivity index (χ1) is 13.5. The molecule has 0 radical (unpaired) electrons. The molecule has 146 valence electrons. The van der Waals surface area contributed by atoms with Gasteiger partial charge in [0.15, 0.2) is 0 Å². The number of hydrogen-bond acceptors (Lipinski definition) is 5. The van der Waals surface area contributed by atoms with E-state index in [0.717, 1.165) is 11.0 Å². The number of ether oxygens (including phenoxy) is 2. The van der Waals surface area contributed by atoms with Gasteiger partial charge in [0.1, 0.15) is 18.1 Å². The van der Waals surface area contributed by atoms with E-state index >= 15 is 0 Å². The lowest BCUT2D eigenvalue weighted by Gasteiger charge is -2.12. The highest BCUT2D eigenvalue weighted by atomic mass is 16.5. The van der Waals surface area contributed by atoms with Gasteiger partial charge in [-0.15, -0.1) is 0 Å². The third-order valence-electron chi connectivity index (χ3n) is 4.15. The zero-order valence-corrected chi connectivity index (χ0v) is 16.1. The quantitative estimate of drug-likeness (QED) is 0.637. The summed E-state index contributed by atoms with van der Waals surface area (Å²) in [5.41, 5.74) is 2.00. The van der Waals surface area contributed by atoms with Gasteiger partial charge in [-0.25, -0.2) is 4.98 Å². The van der Waals surface area contributed by atoms with Gasteiger partial charge in [-0.3, -0.25) is 9.59 Å². The Kier molecular flexibility index (Phi) is 5.93. The van der Waals surface area contributed by atoms with Gasteiger partial charge in [-0.2, -0.15) is 0 Å². The van der Waals surface area contributed by atoms with Crippen molar-refractivity contribution in [3.8, 4) is 5.75 Å². The highest BCUT2D eigenvalue weighted by Gasteiger charge is 2.17. The van der Waals surface area contributed by atoms with Crippen molar-refractivity contribution in [3.63, 3.8) is 0 Å². The number of benzene rings is 2. The molecule has 0 spiro atoms. The Labute approximate surface area is 163 Å². The average molecular weight is 381 g/mol. The summed E-state index contributed by atoms with van der Waals surface area (Å²) in [4.78, 5) is 29.3. The fraction of sp³-hybridized carbons (Fsp3) is 0.286. The summed E-state index contributed by atoms with van der Waals surface area (Å²) in [5.74, 6) is 0.440. The van der Waals surface area contributed by atoms with Gasteiger partial charge in [0, 0.05) is 0 Å².